The Kier molecular flexibility index (Phi) is 4.75. The second-order valence-corrected chi connectivity index (χ2v) is 7.39. The minimum atomic E-state index is 0.912. The number of aromatic amines is 1. The van der Waals surface area contributed by atoms with E-state index >= 15 is 0 Å². The number of hydrogen-bond acceptors (Lipinski definition) is 3. The van der Waals surface area contributed by atoms with Gasteiger partial charge in [-0.1, -0.05) is 30.3 Å². The minimum Gasteiger partial charge on any atom is -0.384 e. The smallest absolute Gasteiger partial charge is 0.0465 e. The number of rotatable bonds is 6. The van der Waals surface area contributed by atoms with Gasteiger partial charge in [-0.3, -0.25) is 4.98 Å². The number of nitrogens with zero attached hydrogens (tertiary/aromatic N) is 1. The number of H-pyrrole nitrogens is 1. The number of allylic oxidation sites excluding steroid dienone is 1. The Balaban J connectivity index is 1.35. The van der Waals surface area contributed by atoms with Crippen LogP contribution in [0.4, 0.5) is 17.1 Å². The van der Waals surface area contributed by atoms with Crippen molar-refractivity contribution in [1.82, 2.24) is 9.97 Å². The predicted molar refractivity (Wildman–Crippen MR) is 122 cm³/mol. The highest BCUT2D eigenvalue weighted by Crippen LogP contribution is 2.32. The van der Waals surface area contributed by atoms with E-state index in [2.05, 4.69) is 75.3 Å². The average molecular weight is 380 g/mol. The number of anilines is 3. The number of hydrogen-bond donors (Lipinski definition) is 3. The van der Waals surface area contributed by atoms with Crippen molar-refractivity contribution in [1.29, 1.82) is 0 Å². The number of nitrogens with one attached hydrogen (secondary N) is 3. The molecule has 4 nitrogen and oxygen atoms in total. The molecule has 0 atom stereocenters. The van der Waals surface area contributed by atoms with Gasteiger partial charge in [0.2, 0.25) is 0 Å². The highest BCUT2D eigenvalue weighted by Gasteiger charge is 2.12. The van der Waals surface area contributed by atoms with E-state index in [9.17, 15) is 0 Å². The molecule has 4 aromatic rings. The van der Waals surface area contributed by atoms with E-state index in [1.807, 2.05) is 12.1 Å². The summed E-state index contributed by atoms with van der Waals surface area (Å²) in [6.45, 7) is 0.912. The maximum Gasteiger partial charge on any atom is 0.0465 e. The lowest BCUT2D eigenvalue weighted by molar-refractivity contribution is 0.937. The van der Waals surface area contributed by atoms with Gasteiger partial charge >= 0.3 is 0 Å². The first-order valence-corrected chi connectivity index (χ1v) is 10.2. The van der Waals surface area contributed by atoms with Crippen molar-refractivity contribution in [2.24, 2.45) is 0 Å². The first-order chi connectivity index (χ1) is 14.4. The van der Waals surface area contributed by atoms with Crippen LogP contribution in [0.25, 0.3) is 16.8 Å². The molecular weight excluding hydrogens is 356 g/mol. The van der Waals surface area contributed by atoms with E-state index < -0.39 is 0 Å². The normalized spacial score (nSPS) is 12.7. The molecule has 1 aliphatic rings. The molecule has 0 fully saturated rings. The van der Waals surface area contributed by atoms with Crippen LogP contribution in [0.5, 0.6) is 0 Å². The molecule has 144 valence electrons. The van der Waals surface area contributed by atoms with Crippen molar-refractivity contribution in [2.45, 2.75) is 19.3 Å². The summed E-state index contributed by atoms with van der Waals surface area (Å²) in [5.41, 5.74) is 7.50. The number of benzene rings is 2. The number of fused-ring (bicyclic) bond motifs is 2. The second-order valence-electron chi connectivity index (χ2n) is 7.39. The van der Waals surface area contributed by atoms with Gasteiger partial charge in [0.05, 0.1) is 0 Å². The molecule has 5 rings (SSSR count). The summed E-state index contributed by atoms with van der Waals surface area (Å²) in [5, 5.41) is 9.60. The first kappa shape index (κ1) is 17.6. The van der Waals surface area contributed by atoms with Crippen LogP contribution in [-0.2, 0) is 12.8 Å². The Labute approximate surface area is 170 Å². The molecule has 1 aliphatic carbocycles. The Hall–Kier alpha value is -3.53. The highest BCUT2D eigenvalue weighted by molar-refractivity contribution is 6.02. The predicted octanol–water partition coefficient (Wildman–Crippen LogP) is 5.92. The van der Waals surface area contributed by atoms with Gasteiger partial charge in [0.25, 0.3) is 0 Å². The molecular formula is C25H24N4. The van der Waals surface area contributed by atoms with Crippen LogP contribution in [0.3, 0.4) is 0 Å². The molecule has 0 radical (unpaired) electrons. The third kappa shape index (κ3) is 3.61. The molecule has 0 saturated carbocycles. The Morgan fingerprint density at radius 3 is 2.59 bits per heavy atom. The summed E-state index contributed by atoms with van der Waals surface area (Å²) in [7, 11) is 0. The molecule has 0 spiro atoms. The average Bonchev–Trinajstić information content (AvgIpc) is 3.19. The zero-order chi connectivity index (χ0) is 19.5. The topological polar surface area (TPSA) is 52.7 Å². The summed E-state index contributed by atoms with van der Waals surface area (Å²) in [6.07, 6.45) is 13.5. The van der Waals surface area contributed by atoms with E-state index in [1.54, 1.807) is 12.4 Å². The van der Waals surface area contributed by atoms with E-state index in [-0.39, 0.29) is 0 Å². The van der Waals surface area contributed by atoms with Crippen LogP contribution in [0.1, 0.15) is 23.2 Å². The maximum absolute atomic E-state index is 4.09. The Morgan fingerprint density at radius 2 is 1.72 bits per heavy atom. The van der Waals surface area contributed by atoms with Crippen LogP contribution in [0.15, 0.2) is 73.2 Å². The maximum atomic E-state index is 4.09. The van der Waals surface area contributed by atoms with Crippen LogP contribution in [0.2, 0.25) is 0 Å². The third-order valence-electron chi connectivity index (χ3n) is 5.55. The van der Waals surface area contributed by atoms with Crippen LogP contribution in [0, 0.1) is 0 Å². The summed E-state index contributed by atoms with van der Waals surface area (Å²) >= 11 is 0. The Bertz CT molecular complexity index is 1160. The summed E-state index contributed by atoms with van der Waals surface area (Å²) in [6, 6.07) is 16.8. The lowest BCUT2D eigenvalue weighted by Gasteiger charge is -2.15. The van der Waals surface area contributed by atoms with Gasteiger partial charge in [-0.2, -0.15) is 0 Å². The number of pyridine rings is 1. The van der Waals surface area contributed by atoms with Crippen LogP contribution < -0.4 is 10.6 Å². The highest BCUT2D eigenvalue weighted by atomic mass is 14.9. The molecule has 0 bridgehead atoms. The van der Waals surface area contributed by atoms with Crippen molar-refractivity contribution in [3.05, 3.63) is 90.0 Å². The minimum absolute atomic E-state index is 0.912. The van der Waals surface area contributed by atoms with Gasteiger partial charge in [0, 0.05) is 58.7 Å². The fourth-order valence-corrected chi connectivity index (χ4v) is 4.09. The van der Waals surface area contributed by atoms with E-state index in [1.165, 1.54) is 33.3 Å². The molecule has 0 unspecified atom stereocenters. The van der Waals surface area contributed by atoms with Crippen LogP contribution >= 0.6 is 0 Å². The quantitative estimate of drug-likeness (QED) is 0.389. The fraction of sp³-hybridized carbons (Fsp3) is 0.160. The van der Waals surface area contributed by atoms with E-state index in [0.717, 1.165) is 37.2 Å². The van der Waals surface area contributed by atoms with Crippen molar-refractivity contribution >= 4 is 33.9 Å². The van der Waals surface area contributed by atoms with Crippen LogP contribution in [-0.4, -0.2) is 16.5 Å². The van der Waals surface area contributed by atoms with E-state index in [0.29, 0.717) is 0 Å². The molecule has 29 heavy (non-hydrogen) atoms. The fourth-order valence-electron chi connectivity index (χ4n) is 4.09. The summed E-state index contributed by atoms with van der Waals surface area (Å²) < 4.78 is 0. The van der Waals surface area contributed by atoms with Crippen molar-refractivity contribution in [3.8, 4) is 0 Å². The Morgan fingerprint density at radius 1 is 0.931 bits per heavy atom. The number of aromatic nitrogens is 2. The lowest BCUT2D eigenvalue weighted by atomic mass is 9.99. The molecule has 2 aromatic carbocycles. The lowest BCUT2D eigenvalue weighted by Crippen LogP contribution is -2.07. The third-order valence-corrected chi connectivity index (χ3v) is 5.55. The largest absolute Gasteiger partial charge is 0.384 e. The van der Waals surface area contributed by atoms with Gasteiger partial charge in [0.15, 0.2) is 0 Å². The van der Waals surface area contributed by atoms with Crippen molar-refractivity contribution in [2.75, 3.05) is 17.2 Å². The molecule has 3 N–H and O–H groups in total. The molecule has 0 aliphatic heterocycles. The zero-order valence-electron chi connectivity index (χ0n) is 16.3. The van der Waals surface area contributed by atoms with E-state index in [4.69, 9.17) is 0 Å². The standard InChI is InChI=1S/C25H24N4/c1-2-7-22-21(6-1)24(9-10-25(22)29-19-12-14-26-15-13-19)27-16-11-18-17-28-23-8-4-3-5-20(18)23/h1-2,4,6-10,12-15,17,27-28H,3,5,11,16H2,(H,26,29). The molecule has 0 saturated heterocycles. The molecule has 4 heteroatoms. The van der Waals surface area contributed by atoms with Gasteiger partial charge in [0.1, 0.15) is 0 Å². The summed E-state index contributed by atoms with van der Waals surface area (Å²) in [5.74, 6) is 0. The van der Waals surface area contributed by atoms with Gasteiger partial charge in [-0.05, 0) is 60.7 Å². The first-order valence-electron chi connectivity index (χ1n) is 10.2. The molecule has 2 heterocycles. The summed E-state index contributed by atoms with van der Waals surface area (Å²) in [4.78, 5) is 7.50. The van der Waals surface area contributed by atoms with Gasteiger partial charge < -0.3 is 15.6 Å². The monoisotopic (exact) mass is 380 g/mol. The second kappa shape index (κ2) is 7.84. The SMILES string of the molecule is C1=Cc2[nH]cc(CCNc3ccc(Nc4ccncc4)c4ccccc34)c2CC1. The van der Waals surface area contributed by atoms with Crippen molar-refractivity contribution in [3.63, 3.8) is 0 Å². The molecule has 2 aromatic heterocycles. The van der Waals surface area contributed by atoms with Gasteiger partial charge in [-0.15, -0.1) is 0 Å². The zero-order valence-corrected chi connectivity index (χ0v) is 16.3. The molecule has 0 amide bonds. The van der Waals surface area contributed by atoms with Gasteiger partial charge in [-0.25, -0.2) is 0 Å². The van der Waals surface area contributed by atoms with Crippen molar-refractivity contribution < 1.29 is 0 Å².